The first-order valence-corrected chi connectivity index (χ1v) is 3.72. The molecule has 1 radical (unpaired) electrons. The maximum atomic E-state index is 2.23. The molecule has 0 aliphatic heterocycles. The fourth-order valence-electron chi connectivity index (χ4n) is 0.544. The molecule has 0 aromatic heterocycles. The van der Waals surface area contributed by atoms with Crippen LogP contribution in [0.15, 0.2) is 0 Å². The van der Waals surface area contributed by atoms with Crippen LogP contribution in [-0.4, -0.2) is 10.5 Å². The topological polar surface area (TPSA) is 0 Å². The van der Waals surface area contributed by atoms with Gasteiger partial charge >= 0.3 is 17.1 Å². The van der Waals surface area contributed by atoms with Gasteiger partial charge in [-0.05, 0) is 10.5 Å². The molecule has 0 heterocycles. The molecule has 0 spiro atoms. The van der Waals surface area contributed by atoms with Crippen molar-refractivity contribution in [3.63, 3.8) is 0 Å². The van der Waals surface area contributed by atoms with Gasteiger partial charge in [0.25, 0.3) is 0 Å². The molecule has 0 nitrogen and oxygen atoms in total. The second-order valence-corrected chi connectivity index (χ2v) is 4.39. The van der Waals surface area contributed by atoms with Crippen molar-refractivity contribution in [1.29, 1.82) is 0 Å². The number of hydrogen-bond donors (Lipinski definition) is 0. The maximum absolute atomic E-state index is 2.23. The summed E-state index contributed by atoms with van der Waals surface area (Å²) < 4.78 is 0. The quantitative estimate of drug-likeness (QED) is 0.591. The molecule has 0 bridgehead atoms. The molecule has 0 saturated carbocycles. The molecular formula is C6H14CuS+2. The molecule has 0 N–H and O–H groups in total. The molecule has 0 aliphatic carbocycles. The third kappa shape index (κ3) is 9.98. The Balaban J connectivity index is 0. The molecule has 0 amide bonds. The molecule has 0 aromatic rings. The normalized spacial score (nSPS) is 9.75. The number of rotatable bonds is 2. The van der Waals surface area contributed by atoms with Crippen molar-refractivity contribution in [2.75, 3.05) is 0 Å². The fourth-order valence-corrected chi connectivity index (χ4v) is 1.63. The summed E-state index contributed by atoms with van der Waals surface area (Å²) in [6, 6.07) is 0. The van der Waals surface area contributed by atoms with Gasteiger partial charge in [0.05, 0.1) is 0 Å². The van der Waals surface area contributed by atoms with Crippen LogP contribution in [0.4, 0.5) is 0 Å². The van der Waals surface area contributed by atoms with Gasteiger partial charge in [0, 0.05) is 0 Å². The van der Waals surface area contributed by atoms with Gasteiger partial charge < -0.3 is 0 Å². The average molecular weight is 182 g/mol. The van der Waals surface area contributed by atoms with E-state index in [1.54, 1.807) is 0 Å². The van der Waals surface area contributed by atoms with Gasteiger partial charge in [0.15, 0.2) is 0 Å². The van der Waals surface area contributed by atoms with Gasteiger partial charge in [-0.2, -0.15) is 11.8 Å². The van der Waals surface area contributed by atoms with Crippen LogP contribution < -0.4 is 0 Å². The van der Waals surface area contributed by atoms with E-state index in [-0.39, 0.29) is 17.1 Å². The van der Waals surface area contributed by atoms with E-state index in [0.717, 1.165) is 10.5 Å². The summed E-state index contributed by atoms with van der Waals surface area (Å²) in [4.78, 5) is 0. The van der Waals surface area contributed by atoms with Crippen molar-refractivity contribution >= 4 is 11.8 Å². The van der Waals surface area contributed by atoms with Gasteiger partial charge in [-0.25, -0.2) is 0 Å². The number of hydrogen-bond acceptors (Lipinski definition) is 1. The van der Waals surface area contributed by atoms with Gasteiger partial charge in [-0.15, -0.1) is 0 Å². The third-order valence-corrected chi connectivity index (χ3v) is 1.63. The summed E-state index contributed by atoms with van der Waals surface area (Å²) in [7, 11) is 0. The van der Waals surface area contributed by atoms with Crippen molar-refractivity contribution in [3.8, 4) is 0 Å². The van der Waals surface area contributed by atoms with Crippen LogP contribution in [0.3, 0.4) is 0 Å². The smallest absolute Gasteiger partial charge is 0.156 e. The maximum Gasteiger partial charge on any atom is 2.00 e. The molecule has 8 heavy (non-hydrogen) atoms. The van der Waals surface area contributed by atoms with Crippen LogP contribution >= 0.6 is 11.8 Å². The van der Waals surface area contributed by atoms with Gasteiger partial charge in [-0.1, -0.05) is 27.7 Å². The number of thioether (sulfide) groups is 1. The van der Waals surface area contributed by atoms with E-state index in [9.17, 15) is 0 Å². The van der Waals surface area contributed by atoms with Crippen molar-refractivity contribution in [2.45, 2.75) is 38.2 Å². The van der Waals surface area contributed by atoms with Crippen LogP contribution in [0.1, 0.15) is 27.7 Å². The van der Waals surface area contributed by atoms with Crippen LogP contribution in [-0.2, 0) is 17.1 Å². The molecule has 0 aromatic carbocycles. The largest absolute Gasteiger partial charge is 2.00 e. The van der Waals surface area contributed by atoms with Crippen LogP contribution in [0.5, 0.6) is 0 Å². The average Bonchev–Trinajstić information content (AvgIpc) is 1.27. The summed E-state index contributed by atoms with van der Waals surface area (Å²) in [6.45, 7) is 8.91. The van der Waals surface area contributed by atoms with E-state index in [0.29, 0.717) is 0 Å². The summed E-state index contributed by atoms with van der Waals surface area (Å²) in [5.41, 5.74) is 0. The Morgan fingerprint density at radius 2 is 1.12 bits per heavy atom. The zero-order chi connectivity index (χ0) is 5.86. The Labute approximate surface area is 67.3 Å². The Hall–Kier alpha value is 0.869. The second kappa shape index (κ2) is 6.00. The molecule has 53 valence electrons. The van der Waals surface area contributed by atoms with Crippen molar-refractivity contribution in [2.24, 2.45) is 0 Å². The van der Waals surface area contributed by atoms with Gasteiger partial charge in [0.2, 0.25) is 0 Å². The summed E-state index contributed by atoms with van der Waals surface area (Å²) in [6.07, 6.45) is 0. The standard InChI is InChI=1S/C6H14S.Cu/c1-5(2)7-6(3)4;/h5-6H,1-4H3;/q;+2. The minimum absolute atomic E-state index is 0. The van der Waals surface area contributed by atoms with E-state index in [1.165, 1.54) is 0 Å². The molecule has 2 heteroatoms. The minimum Gasteiger partial charge on any atom is -0.156 e. The molecular weight excluding hydrogens is 168 g/mol. The fraction of sp³-hybridized carbons (Fsp3) is 1.00. The zero-order valence-corrected chi connectivity index (χ0v) is 7.62. The van der Waals surface area contributed by atoms with E-state index < -0.39 is 0 Å². The van der Waals surface area contributed by atoms with E-state index in [2.05, 4.69) is 27.7 Å². The van der Waals surface area contributed by atoms with Crippen LogP contribution in [0.2, 0.25) is 0 Å². The zero-order valence-electron chi connectivity index (χ0n) is 5.86. The molecule has 0 rings (SSSR count). The van der Waals surface area contributed by atoms with Gasteiger partial charge in [0.1, 0.15) is 0 Å². The molecule has 0 unspecified atom stereocenters. The van der Waals surface area contributed by atoms with Crippen molar-refractivity contribution in [3.05, 3.63) is 0 Å². The van der Waals surface area contributed by atoms with Crippen LogP contribution in [0, 0.1) is 0 Å². The third-order valence-electron chi connectivity index (χ3n) is 0.544. The molecule has 0 atom stereocenters. The Morgan fingerprint density at radius 1 is 0.875 bits per heavy atom. The first kappa shape index (κ1) is 11.6. The van der Waals surface area contributed by atoms with E-state index in [4.69, 9.17) is 0 Å². The Morgan fingerprint density at radius 3 is 1.12 bits per heavy atom. The summed E-state index contributed by atoms with van der Waals surface area (Å²) >= 11 is 2.01. The van der Waals surface area contributed by atoms with Crippen molar-refractivity contribution < 1.29 is 17.1 Å². The van der Waals surface area contributed by atoms with E-state index in [1.807, 2.05) is 11.8 Å². The van der Waals surface area contributed by atoms with Crippen LogP contribution in [0.25, 0.3) is 0 Å². The molecule has 0 aliphatic rings. The Bertz CT molecular complexity index is 37.8. The summed E-state index contributed by atoms with van der Waals surface area (Å²) in [5.74, 6) is 0. The van der Waals surface area contributed by atoms with Gasteiger partial charge in [-0.3, -0.25) is 0 Å². The SMILES string of the molecule is CC(C)SC(C)C.[Cu+2]. The monoisotopic (exact) mass is 181 g/mol. The minimum atomic E-state index is 0. The molecule has 0 fully saturated rings. The Kier molecular flexibility index (Phi) is 8.72. The first-order valence-electron chi connectivity index (χ1n) is 2.78. The second-order valence-electron chi connectivity index (χ2n) is 2.23. The first-order chi connectivity index (χ1) is 3.13. The predicted octanol–water partition coefficient (Wildman–Crippen LogP) is 2.53. The predicted molar refractivity (Wildman–Crippen MR) is 37.9 cm³/mol. The van der Waals surface area contributed by atoms with E-state index >= 15 is 0 Å². The molecule has 0 saturated heterocycles. The summed E-state index contributed by atoms with van der Waals surface area (Å²) in [5, 5.41) is 1.58. The van der Waals surface area contributed by atoms with Crippen molar-refractivity contribution in [1.82, 2.24) is 0 Å².